The van der Waals surface area contributed by atoms with Gasteiger partial charge in [-0.05, 0) is 12.1 Å². The van der Waals surface area contributed by atoms with Gasteiger partial charge in [-0.15, -0.1) is 0 Å². The Balaban J connectivity index is 2.30. The summed E-state index contributed by atoms with van der Waals surface area (Å²) < 4.78 is 5.33. The van der Waals surface area contributed by atoms with Gasteiger partial charge in [-0.3, -0.25) is 10.1 Å². The molecular weight excluding hydrogens is 196 g/mol. The van der Waals surface area contributed by atoms with Gasteiger partial charge < -0.3 is 10.5 Å². The maximum atomic E-state index is 10.4. The minimum Gasteiger partial charge on any atom is -0.493 e. The number of para-hydroxylation sites is 1. The van der Waals surface area contributed by atoms with Crippen molar-refractivity contribution in [2.24, 2.45) is 5.73 Å². The molecule has 0 fully saturated rings. The molecule has 0 aromatic heterocycles. The SMILES string of the molecule is NCC(CCOc1ccccc1)[N+](=O)[O-]. The van der Waals surface area contributed by atoms with Gasteiger partial charge in [-0.25, -0.2) is 0 Å². The molecule has 0 saturated carbocycles. The zero-order valence-corrected chi connectivity index (χ0v) is 8.33. The number of ether oxygens (including phenoxy) is 1. The van der Waals surface area contributed by atoms with Crippen molar-refractivity contribution in [1.82, 2.24) is 0 Å². The second-order valence-corrected chi connectivity index (χ2v) is 3.13. The van der Waals surface area contributed by atoms with E-state index in [1.165, 1.54) is 0 Å². The van der Waals surface area contributed by atoms with Crippen LogP contribution in [0.15, 0.2) is 30.3 Å². The Morgan fingerprint density at radius 3 is 2.60 bits per heavy atom. The second-order valence-electron chi connectivity index (χ2n) is 3.13. The molecule has 5 nitrogen and oxygen atoms in total. The molecule has 15 heavy (non-hydrogen) atoms. The molecule has 0 spiro atoms. The quantitative estimate of drug-likeness (QED) is 0.562. The first-order valence-corrected chi connectivity index (χ1v) is 4.75. The number of nitrogens with two attached hydrogens (primary N) is 1. The van der Waals surface area contributed by atoms with E-state index in [1.54, 1.807) is 0 Å². The number of rotatable bonds is 6. The first-order valence-electron chi connectivity index (χ1n) is 4.75. The van der Waals surface area contributed by atoms with Crippen LogP contribution in [0.25, 0.3) is 0 Å². The lowest BCUT2D eigenvalue weighted by molar-refractivity contribution is -0.520. The Kier molecular flexibility index (Phi) is 4.56. The van der Waals surface area contributed by atoms with Gasteiger partial charge in [0.1, 0.15) is 5.75 Å². The summed E-state index contributed by atoms with van der Waals surface area (Å²) in [6, 6.07) is 8.49. The van der Waals surface area contributed by atoms with Gasteiger partial charge in [0.05, 0.1) is 19.6 Å². The van der Waals surface area contributed by atoms with Gasteiger partial charge in [-0.1, -0.05) is 18.2 Å². The first kappa shape index (κ1) is 11.5. The van der Waals surface area contributed by atoms with Crippen LogP contribution < -0.4 is 10.5 Å². The van der Waals surface area contributed by atoms with Crippen molar-refractivity contribution in [2.45, 2.75) is 12.5 Å². The van der Waals surface area contributed by atoms with E-state index in [0.717, 1.165) is 5.75 Å². The highest BCUT2D eigenvalue weighted by atomic mass is 16.6. The summed E-state index contributed by atoms with van der Waals surface area (Å²) in [6.45, 7) is 0.359. The molecule has 0 amide bonds. The molecule has 1 atom stereocenters. The van der Waals surface area contributed by atoms with Gasteiger partial charge in [0.25, 0.3) is 0 Å². The summed E-state index contributed by atoms with van der Waals surface area (Å²) in [4.78, 5) is 10.1. The lowest BCUT2D eigenvalue weighted by Crippen LogP contribution is -2.30. The first-order chi connectivity index (χ1) is 7.24. The topological polar surface area (TPSA) is 78.4 Å². The normalized spacial score (nSPS) is 12.1. The smallest absolute Gasteiger partial charge is 0.228 e. The van der Waals surface area contributed by atoms with Crippen molar-refractivity contribution in [3.63, 3.8) is 0 Å². The fourth-order valence-electron chi connectivity index (χ4n) is 1.14. The third kappa shape index (κ3) is 3.95. The van der Waals surface area contributed by atoms with E-state index >= 15 is 0 Å². The van der Waals surface area contributed by atoms with Crippen LogP contribution in [0.2, 0.25) is 0 Å². The summed E-state index contributed by atoms with van der Waals surface area (Å²) in [6.07, 6.45) is 0.332. The van der Waals surface area contributed by atoms with Crippen LogP contribution in [-0.2, 0) is 0 Å². The summed E-state index contributed by atoms with van der Waals surface area (Å²) in [5, 5.41) is 10.4. The van der Waals surface area contributed by atoms with Crippen LogP contribution in [-0.4, -0.2) is 24.1 Å². The van der Waals surface area contributed by atoms with Crippen LogP contribution in [0.3, 0.4) is 0 Å². The maximum Gasteiger partial charge on any atom is 0.228 e. The molecule has 0 aliphatic rings. The van der Waals surface area contributed by atoms with E-state index in [4.69, 9.17) is 10.5 Å². The fraction of sp³-hybridized carbons (Fsp3) is 0.400. The number of hydrogen-bond donors (Lipinski definition) is 1. The molecular formula is C10H14N2O3. The lowest BCUT2D eigenvalue weighted by atomic mass is 10.2. The Bertz CT molecular complexity index is 303. The minimum atomic E-state index is -0.714. The highest BCUT2D eigenvalue weighted by molar-refractivity contribution is 5.20. The molecule has 2 N–H and O–H groups in total. The van der Waals surface area contributed by atoms with Gasteiger partial charge >= 0.3 is 0 Å². The molecule has 0 aliphatic carbocycles. The van der Waals surface area contributed by atoms with E-state index in [0.29, 0.717) is 13.0 Å². The summed E-state index contributed by atoms with van der Waals surface area (Å²) in [5.41, 5.74) is 5.26. The van der Waals surface area contributed by atoms with Gasteiger partial charge in [0.15, 0.2) is 0 Å². The van der Waals surface area contributed by atoms with Crippen LogP contribution in [0, 0.1) is 10.1 Å². The average Bonchev–Trinajstić information content (AvgIpc) is 2.25. The van der Waals surface area contributed by atoms with Crippen LogP contribution in [0.4, 0.5) is 0 Å². The Morgan fingerprint density at radius 1 is 1.40 bits per heavy atom. The molecule has 0 radical (unpaired) electrons. The summed E-state index contributed by atoms with van der Waals surface area (Å²) in [7, 11) is 0. The van der Waals surface area contributed by atoms with Gasteiger partial charge in [0, 0.05) is 4.92 Å². The fourth-order valence-corrected chi connectivity index (χ4v) is 1.14. The Morgan fingerprint density at radius 2 is 2.07 bits per heavy atom. The van der Waals surface area contributed by atoms with E-state index < -0.39 is 6.04 Å². The van der Waals surface area contributed by atoms with E-state index in [-0.39, 0.29) is 11.5 Å². The standard InChI is InChI=1S/C10H14N2O3/c11-8-9(12(13)14)6-7-15-10-4-2-1-3-5-10/h1-5,9H,6-8,11H2. The average molecular weight is 210 g/mol. The Labute approximate surface area is 88.0 Å². The number of hydrogen-bond acceptors (Lipinski definition) is 4. The van der Waals surface area contributed by atoms with Crippen molar-refractivity contribution in [1.29, 1.82) is 0 Å². The molecule has 0 bridgehead atoms. The molecule has 0 aliphatic heterocycles. The largest absolute Gasteiger partial charge is 0.493 e. The molecule has 0 saturated heterocycles. The van der Waals surface area contributed by atoms with Crippen molar-refractivity contribution >= 4 is 0 Å². The predicted octanol–water partition coefficient (Wildman–Crippen LogP) is 1.06. The van der Waals surface area contributed by atoms with Crippen LogP contribution in [0.5, 0.6) is 5.75 Å². The number of nitrogens with zero attached hydrogens (tertiary/aromatic N) is 1. The number of benzene rings is 1. The molecule has 82 valence electrons. The van der Waals surface area contributed by atoms with Crippen LogP contribution >= 0.6 is 0 Å². The molecule has 5 heteroatoms. The molecule has 1 aromatic carbocycles. The van der Waals surface area contributed by atoms with E-state index in [1.807, 2.05) is 30.3 Å². The molecule has 1 unspecified atom stereocenters. The minimum absolute atomic E-state index is 0.0468. The van der Waals surface area contributed by atoms with E-state index in [2.05, 4.69) is 0 Å². The zero-order valence-electron chi connectivity index (χ0n) is 8.33. The monoisotopic (exact) mass is 210 g/mol. The van der Waals surface area contributed by atoms with Crippen molar-refractivity contribution in [2.75, 3.05) is 13.2 Å². The summed E-state index contributed by atoms with van der Waals surface area (Å²) >= 11 is 0. The molecule has 1 aromatic rings. The highest BCUT2D eigenvalue weighted by Crippen LogP contribution is 2.09. The third-order valence-corrected chi connectivity index (χ3v) is 2.03. The van der Waals surface area contributed by atoms with Gasteiger partial charge in [-0.2, -0.15) is 0 Å². The van der Waals surface area contributed by atoms with Crippen molar-refractivity contribution in [3.05, 3.63) is 40.4 Å². The second kappa shape index (κ2) is 5.98. The highest BCUT2D eigenvalue weighted by Gasteiger charge is 2.17. The molecule has 1 rings (SSSR count). The predicted molar refractivity (Wildman–Crippen MR) is 56.4 cm³/mol. The van der Waals surface area contributed by atoms with Crippen molar-refractivity contribution in [3.8, 4) is 5.75 Å². The zero-order chi connectivity index (χ0) is 11.1. The van der Waals surface area contributed by atoms with Crippen molar-refractivity contribution < 1.29 is 9.66 Å². The summed E-state index contributed by atoms with van der Waals surface area (Å²) in [5.74, 6) is 0.719. The van der Waals surface area contributed by atoms with Crippen LogP contribution in [0.1, 0.15) is 6.42 Å². The lowest BCUT2D eigenvalue weighted by Gasteiger charge is -2.08. The van der Waals surface area contributed by atoms with E-state index in [9.17, 15) is 10.1 Å². The maximum absolute atomic E-state index is 10.4. The third-order valence-electron chi connectivity index (χ3n) is 2.03. The number of nitro groups is 1. The molecule has 0 heterocycles. The Hall–Kier alpha value is -1.62. The van der Waals surface area contributed by atoms with Gasteiger partial charge in [0.2, 0.25) is 6.04 Å².